The molecule has 0 unspecified atom stereocenters. The number of halogens is 1. The van der Waals surface area contributed by atoms with Gasteiger partial charge in [0.15, 0.2) is 5.11 Å². The molecule has 0 saturated heterocycles. The van der Waals surface area contributed by atoms with Gasteiger partial charge < -0.3 is 5.73 Å². The molecule has 2 aromatic rings. The number of thiocarbonyl (C=S) groups is 1. The van der Waals surface area contributed by atoms with Crippen LogP contribution in [-0.4, -0.2) is 11.0 Å². The van der Waals surface area contributed by atoms with E-state index in [9.17, 15) is 4.79 Å². The van der Waals surface area contributed by atoms with E-state index >= 15 is 0 Å². The van der Waals surface area contributed by atoms with Gasteiger partial charge in [0, 0.05) is 16.0 Å². The zero-order chi connectivity index (χ0) is 12.4. The maximum atomic E-state index is 11.9. The Hall–Kier alpha value is -1.65. The lowest BCUT2D eigenvalue weighted by Gasteiger charge is -2.07. The van der Waals surface area contributed by atoms with Crippen LogP contribution in [0.3, 0.4) is 0 Å². The fourth-order valence-electron chi connectivity index (χ4n) is 1.65. The zero-order valence-electron chi connectivity index (χ0n) is 8.74. The largest absolute Gasteiger partial charge is 0.376 e. The van der Waals surface area contributed by atoms with E-state index in [4.69, 9.17) is 17.3 Å². The van der Waals surface area contributed by atoms with Gasteiger partial charge in [0.25, 0.3) is 5.91 Å². The Kier molecular flexibility index (Phi) is 3.26. The second-order valence-electron chi connectivity index (χ2n) is 3.46. The van der Waals surface area contributed by atoms with Crippen molar-refractivity contribution in [2.45, 2.75) is 0 Å². The molecule has 3 N–H and O–H groups in total. The van der Waals surface area contributed by atoms with E-state index < -0.39 is 0 Å². The molecule has 0 atom stereocenters. The minimum atomic E-state index is -0.328. The fourth-order valence-corrected chi connectivity index (χ4v) is 1.98. The Balaban J connectivity index is 2.59. The van der Waals surface area contributed by atoms with E-state index in [1.54, 1.807) is 24.3 Å². The van der Waals surface area contributed by atoms with Gasteiger partial charge in [-0.2, -0.15) is 0 Å². The van der Waals surface area contributed by atoms with Gasteiger partial charge in [-0.25, -0.2) is 0 Å². The minimum absolute atomic E-state index is 0.0472. The molecule has 0 spiro atoms. The summed E-state index contributed by atoms with van der Waals surface area (Å²) in [5, 5.41) is 4.55. The maximum Gasteiger partial charge on any atom is 0.258 e. The highest BCUT2D eigenvalue weighted by atomic mass is 35.5. The van der Waals surface area contributed by atoms with Crippen LogP contribution in [-0.2, 0) is 0 Å². The molecule has 0 aliphatic carbocycles. The lowest BCUT2D eigenvalue weighted by molar-refractivity contribution is 0.0979. The SMILES string of the molecule is NC(=S)NC(=O)c1cccc2c(Cl)cccc12. The van der Waals surface area contributed by atoms with Crippen molar-refractivity contribution >= 4 is 45.6 Å². The number of hydrogen-bond donors (Lipinski definition) is 2. The van der Waals surface area contributed by atoms with Gasteiger partial charge in [-0.1, -0.05) is 35.9 Å². The number of carbonyl (C=O) groups excluding carboxylic acids is 1. The summed E-state index contributed by atoms with van der Waals surface area (Å²) >= 11 is 10.7. The van der Waals surface area contributed by atoms with Crippen LogP contribution in [0.15, 0.2) is 36.4 Å². The molecule has 0 aromatic heterocycles. The van der Waals surface area contributed by atoms with Crippen LogP contribution in [0, 0.1) is 0 Å². The number of hydrogen-bond acceptors (Lipinski definition) is 2. The van der Waals surface area contributed by atoms with Crippen molar-refractivity contribution in [3.63, 3.8) is 0 Å². The van der Waals surface area contributed by atoms with Crippen molar-refractivity contribution in [3.8, 4) is 0 Å². The predicted molar refractivity (Wildman–Crippen MR) is 73.2 cm³/mol. The number of fused-ring (bicyclic) bond motifs is 1. The molecule has 0 bridgehead atoms. The molecule has 2 aromatic carbocycles. The van der Waals surface area contributed by atoms with Gasteiger partial charge in [-0.15, -0.1) is 0 Å². The fraction of sp³-hybridized carbons (Fsp3) is 0. The molecule has 0 aliphatic rings. The van der Waals surface area contributed by atoms with Gasteiger partial charge in [0.1, 0.15) is 0 Å². The first-order valence-electron chi connectivity index (χ1n) is 4.87. The maximum absolute atomic E-state index is 11.9. The molecule has 3 nitrogen and oxygen atoms in total. The Morgan fingerprint density at radius 1 is 1.18 bits per heavy atom. The summed E-state index contributed by atoms with van der Waals surface area (Å²) in [5.74, 6) is -0.328. The highest BCUT2D eigenvalue weighted by molar-refractivity contribution is 7.80. The lowest BCUT2D eigenvalue weighted by Crippen LogP contribution is -2.34. The number of rotatable bonds is 1. The van der Waals surface area contributed by atoms with Crippen molar-refractivity contribution in [1.82, 2.24) is 5.32 Å². The van der Waals surface area contributed by atoms with Crippen molar-refractivity contribution in [1.29, 1.82) is 0 Å². The van der Waals surface area contributed by atoms with Crippen molar-refractivity contribution in [2.75, 3.05) is 0 Å². The van der Waals surface area contributed by atoms with Crippen LogP contribution in [0.5, 0.6) is 0 Å². The van der Waals surface area contributed by atoms with Crippen LogP contribution < -0.4 is 11.1 Å². The first kappa shape index (κ1) is 11.8. The molecular weight excluding hydrogens is 256 g/mol. The summed E-state index contributed by atoms with van der Waals surface area (Å²) in [6.07, 6.45) is 0. The van der Waals surface area contributed by atoms with Gasteiger partial charge in [0.2, 0.25) is 0 Å². The molecule has 0 heterocycles. The number of nitrogens with one attached hydrogen (secondary N) is 1. The van der Waals surface area contributed by atoms with E-state index in [1.807, 2.05) is 12.1 Å². The van der Waals surface area contributed by atoms with Crippen LogP contribution in [0.1, 0.15) is 10.4 Å². The topological polar surface area (TPSA) is 55.1 Å². The normalized spacial score (nSPS) is 10.2. The first-order chi connectivity index (χ1) is 8.09. The Labute approximate surface area is 109 Å². The van der Waals surface area contributed by atoms with E-state index in [0.29, 0.717) is 10.6 Å². The molecule has 2 rings (SSSR count). The molecule has 5 heteroatoms. The summed E-state index contributed by atoms with van der Waals surface area (Å²) in [7, 11) is 0. The molecule has 0 radical (unpaired) electrons. The average Bonchev–Trinajstić information content (AvgIpc) is 2.28. The molecule has 0 fully saturated rings. The second-order valence-corrected chi connectivity index (χ2v) is 4.31. The second kappa shape index (κ2) is 4.69. The van der Waals surface area contributed by atoms with Crippen LogP contribution in [0.25, 0.3) is 10.8 Å². The summed E-state index contributed by atoms with van der Waals surface area (Å²) in [5.41, 5.74) is 5.78. The standard InChI is InChI=1S/C12H9ClN2OS/c13-10-6-2-3-7-8(10)4-1-5-9(7)11(16)15-12(14)17/h1-6H,(H3,14,15,16,17). The Morgan fingerprint density at radius 3 is 2.53 bits per heavy atom. The monoisotopic (exact) mass is 264 g/mol. The van der Waals surface area contributed by atoms with Crippen molar-refractivity contribution in [3.05, 3.63) is 47.0 Å². The smallest absolute Gasteiger partial charge is 0.258 e. The highest BCUT2D eigenvalue weighted by Gasteiger charge is 2.11. The summed E-state index contributed by atoms with van der Waals surface area (Å²) in [6, 6.07) is 10.7. The van der Waals surface area contributed by atoms with Crippen molar-refractivity contribution < 1.29 is 4.79 Å². The lowest BCUT2D eigenvalue weighted by atomic mass is 10.0. The van der Waals surface area contributed by atoms with E-state index in [1.165, 1.54) is 0 Å². The first-order valence-corrected chi connectivity index (χ1v) is 5.66. The Morgan fingerprint density at radius 2 is 1.82 bits per heavy atom. The number of carbonyl (C=O) groups is 1. The molecule has 17 heavy (non-hydrogen) atoms. The summed E-state index contributed by atoms with van der Waals surface area (Å²) in [4.78, 5) is 11.9. The van der Waals surface area contributed by atoms with Crippen LogP contribution >= 0.6 is 23.8 Å². The zero-order valence-corrected chi connectivity index (χ0v) is 10.3. The highest BCUT2D eigenvalue weighted by Crippen LogP contribution is 2.25. The number of benzene rings is 2. The van der Waals surface area contributed by atoms with Gasteiger partial charge >= 0.3 is 0 Å². The van der Waals surface area contributed by atoms with E-state index in [0.717, 1.165) is 10.8 Å². The third-order valence-corrected chi connectivity index (χ3v) is 2.78. The summed E-state index contributed by atoms with van der Waals surface area (Å²) < 4.78 is 0. The van der Waals surface area contributed by atoms with Crippen LogP contribution in [0.4, 0.5) is 0 Å². The number of nitrogens with two attached hydrogens (primary N) is 1. The van der Waals surface area contributed by atoms with Gasteiger partial charge in [-0.3, -0.25) is 10.1 Å². The predicted octanol–water partition coefficient (Wildman–Crippen LogP) is 2.47. The molecule has 86 valence electrons. The minimum Gasteiger partial charge on any atom is -0.376 e. The third kappa shape index (κ3) is 2.38. The average molecular weight is 265 g/mol. The van der Waals surface area contributed by atoms with Crippen LogP contribution in [0.2, 0.25) is 5.02 Å². The summed E-state index contributed by atoms with van der Waals surface area (Å²) in [6.45, 7) is 0. The third-order valence-electron chi connectivity index (χ3n) is 2.35. The molecule has 0 aliphatic heterocycles. The van der Waals surface area contributed by atoms with E-state index in [-0.39, 0.29) is 11.0 Å². The molecule has 1 amide bonds. The Bertz CT molecular complexity index is 612. The van der Waals surface area contributed by atoms with Gasteiger partial charge in [0.05, 0.1) is 0 Å². The van der Waals surface area contributed by atoms with Crippen molar-refractivity contribution in [2.24, 2.45) is 5.73 Å². The molecule has 0 saturated carbocycles. The molecular formula is C12H9ClN2OS. The number of amides is 1. The quantitative estimate of drug-likeness (QED) is 0.778. The van der Waals surface area contributed by atoms with E-state index in [2.05, 4.69) is 17.5 Å². The van der Waals surface area contributed by atoms with Gasteiger partial charge in [-0.05, 0) is 29.7 Å².